The van der Waals surface area contributed by atoms with Crippen LogP contribution >= 0.6 is 22.9 Å². The van der Waals surface area contributed by atoms with E-state index in [0.717, 1.165) is 11.3 Å². The summed E-state index contributed by atoms with van der Waals surface area (Å²) in [5.74, 6) is -0.522. The van der Waals surface area contributed by atoms with E-state index in [9.17, 15) is 14.9 Å². The number of carbonyl (C=O) groups excluding carboxylic acids is 1. The number of halogens is 1. The molecule has 5 nitrogen and oxygen atoms in total. The number of methoxy groups -OCH3 is 1. The topological polar surface area (TPSA) is 69.4 Å². The van der Waals surface area contributed by atoms with Gasteiger partial charge in [-0.25, -0.2) is 0 Å². The molecule has 76 valence electrons. The van der Waals surface area contributed by atoms with Gasteiger partial charge in [0.1, 0.15) is 4.34 Å². The molecule has 0 aliphatic carbocycles. The number of hydrogen-bond donors (Lipinski definition) is 0. The number of nitrogens with zero attached hydrogens (tertiary/aromatic N) is 1. The molecule has 1 rings (SSSR count). The molecule has 14 heavy (non-hydrogen) atoms. The Morgan fingerprint density at radius 1 is 1.79 bits per heavy atom. The molecule has 0 fully saturated rings. The van der Waals surface area contributed by atoms with Gasteiger partial charge in [-0.2, -0.15) is 0 Å². The summed E-state index contributed by atoms with van der Waals surface area (Å²) in [6.07, 6.45) is -0.121. The maximum atomic E-state index is 10.9. The lowest BCUT2D eigenvalue weighted by atomic mass is 10.3. The van der Waals surface area contributed by atoms with Crippen molar-refractivity contribution >= 4 is 34.6 Å². The molecule has 0 amide bonds. The number of carbonyl (C=O) groups is 1. The monoisotopic (exact) mass is 235 g/mol. The maximum Gasteiger partial charge on any atom is 0.311 e. The highest BCUT2D eigenvalue weighted by molar-refractivity contribution is 7.16. The van der Waals surface area contributed by atoms with Crippen molar-refractivity contribution in [3.63, 3.8) is 0 Å². The van der Waals surface area contributed by atoms with Gasteiger partial charge in [0, 0.05) is 6.07 Å². The summed E-state index contributed by atoms with van der Waals surface area (Å²) in [6.45, 7) is 0. The Bertz CT molecular complexity index is 376. The molecule has 0 saturated heterocycles. The van der Waals surface area contributed by atoms with Crippen LogP contribution in [0, 0.1) is 10.1 Å². The second-order valence-electron chi connectivity index (χ2n) is 2.37. The van der Waals surface area contributed by atoms with Gasteiger partial charge in [-0.15, -0.1) is 11.3 Å². The number of thiophene rings is 1. The van der Waals surface area contributed by atoms with E-state index in [-0.39, 0.29) is 16.4 Å². The number of nitro groups is 1. The van der Waals surface area contributed by atoms with Gasteiger partial charge in [0.2, 0.25) is 0 Å². The summed E-state index contributed by atoms with van der Waals surface area (Å²) in [5.41, 5.74) is -0.134. The fraction of sp³-hybridized carbons (Fsp3) is 0.286. The average Bonchev–Trinajstić information content (AvgIpc) is 2.46. The van der Waals surface area contributed by atoms with Crippen LogP contribution in [0.25, 0.3) is 0 Å². The Morgan fingerprint density at radius 2 is 2.43 bits per heavy atom. The zero-order valence-electron chi connectivity index (χ0n) is 7.15. The fourth-order valence-electron chi connectivity index (χ4n) is 0.872. The second kappa shape index (κ2) is 4.39. The highest BCUT2D eigenvalue weighted by Gasteiger charge is 2.20. The molecular weight excluding hydrogens is 230 g/mol. The van der Waals surface area contributed by atoms with Crippen molar-refractivity contribution in [1.29, 1.82) is 0 Å². The second-order valence-corrected chi connectivity index (χ2v) is 4.14. The first-order valence-corrected chi connectivity index (χ1v) is 4.73. The molecule has 0 spiro atoms. The lowest BCUT2D eigenvalue weighted by Gasteiger charge is -1.95. The molecule has 0 aromatic carbocycles. The highest BCUT2D eigenvalue weighted by atomic mass is 35.5. The Balaban J connectivity index is 2.95. The van der Waals surface area contributed by atoms with Gasteiger partial charge in [-0.05, 0) is 0 Å². The van der Waals surface area contributed by atoms with E-state index in [1.807, 2.05) is 0 Å². The van der Waals surface area contributed by atoms with E-state index >= 15 is 0 Å². The highest BCUT2D eigenvalue weighted by Crippen LogP contribution is 2.32. The zero-order valence-corrected chi connectivity index (χ0v) is 8.72. The van der Waals surface area contributed by atoms with Gasteiger partial charge < -0.3 is 4.74 Å². The first kappa shape index (κ1) is 10.9. The van der Waals surface area contributed by atoms with Gasteiger partial charge in [0.05, 0.1) is 23.3 Å². The molecule has 1 aromatic heterocycles. The summed E-state index contributed by atoms with van der Waals surface area (Å²) in [6, 6.07) is 1.23. The zero-order chi connectivity index (χ0) is 10.7. The molecular formula is C7H6ClNO4S. The molecule has 0 N–H and O–H groups in total. The molecule has 0 radical (unpaired) electrons. The molecule has 0 unspecified atom stereocenters. The lowest BCUT2D eigenvalue weighted by molar-refractivity contribution is -0.385. The molecule has 0 aliphatic rings. The minimum atomic E-state index is -0.569. The summed E-state index contributed by atoms with van der Waals surface area (Å²) in [7, 11) is 1.23. The van der Waals surface area contributed by atoms with Gasteiger partial charge in [-0.1, -0.05) is 11.6 Å². The van der Waals surface area contributed by atoms with Crippen LogP contribution < -0.4 is 0 Å². The minimum Gasteiger partial charge on any atom is -0.469 e. The Labute approximate surface area is 88.4 Å². The van der Waals surface area contributed by atoms with E-state index in [0.29, 0.717) is 4.88 Å². The molecule has 0 aliphatic heterocycles. The largest absolute Gasteiger partial charge is 0.469 e. The van der Waals surface area contributed by atoms with Crippen LogP contribution in [0.3, 0.4) is 0 Å². The molecule has 0 bridgehead atoms. The van der Waals surface area contributed by atoms with Gasteiger partial charge >= 0.3 is 5.97 Å². The Morgan fingerprint density at radius 3 is 2.93 bits per heavy atom. The molecule has 7 heteroatoms. The summed E-state index contributed by atoms with van der Waals surface area (Å²) >= 11 is 6.61. The van der Waals surface area contributed by atoms with Crippen LogP contribution in [-0.2, 0) is 16.0 Å². The van der Waals surface area contributed by atoms with Crippen molar-refractivity contribution in [3.05, 3.63) is 25.4 Å². The smallest absolute Gasteiger partial charge is 0.311 e. The SMILES string of the molecule is COC(=O)Cc1sc(Cl)cc1[N+](=O)[O-]. The minimum absolute atomic E-state index is 0.121. The van der Waals surface area contributed by atoms with E-state index < -0.39 is 10.9 Å². The van der Waals surface area contributed by atoms with Gasteiger partial charge in [-0.3, -0.25) is 14.9 Å². The van der Waals surface area contributed by atoms with Crippen molar-refractivity contribution < 1.29 is 14.5 Å². The van der Waals surface area contributed by atoms with Crippen LogP contribution in [-0.4, -0.2) is 18.0 Å². The van der Waals surface area contributed by atoms with E-state index in [1.165, 1.54) is 13.2 Å². The van der Waals surface area contributed by atoms with Crippen LogP contribution in [0.4, 0.5) is 5.69 Å². The van der Waals surface area contributed by atoms with Crippen LogP contribution in [0.1, 0.15) is 4.88 Å². The quantitative estimate of drug-likeness (QED) is 0.457. The first-order chi connectivity index (χ1) is 6.54. The predicted molar refractivity (Wildman–Crippen MR) is 51.7 cm³/mol. The van der Waals surface area contributed by atoms with E-state index in [1.54, 1.807) is 0 Å². The molecule has 1 heterocycles. The summed E-state index contributed by atoms with van der Waals surface area (Å²) in [4.78, 5) is 21.1. The third-order valence-corrected chi connectivity index (χ3v) is 2.74. The third-order valence-electron chi connectivity index (χ3n) is 1.49. The van der Waals surface area contributed by atoms with Crippen molar-refractivity contribution in [3.8, 4) is 0 Å². The number of hydrogen-bond acceptors (Lipinski definition) is 5. The fourth-order valence-corrected chi connectivity index (χ4v) is 2.09. The standard InChI is InChI=1S/C7H6ClNO4S/c1-13-7(10)3-5-4(9(11)12)2-6(8)14-5/h2H,3H2,1H3. The lowest BCUT2D eigenvalue weighted by Crippen LogP contribution is -2.04. The van der Waals surface area contributed by atoms with Gasteiger partial charge in [0.15, 0.2) is 0 Å². The molecule has 0 atom stereocenters. The predicted octanol–water partition coefficient (Wildman–Crippen LogP) is 2.03. The van der Waals surface area contributed by atoms with Crippen LogP contribution in [0.15, 0.2) is 6.07 Å². The summed E-state index contributed by atoms with van der Waals surface area (Å²) in [5, 5.41) is 10.5. The average molecular weight is 236 g/mol. The van der Waals surface area contributed by atoms with Crippen molar-refractivity contribution in [2.24, 2.45) is 0 Å². The van der Waals surface area contributed by atoms with Crippen LogP contribution in [0.2, 0.25) is 4.34 Å². The van der Waals surface area contributed by atoms with E-state index in [2.05, 4.69) is 4.74 Å². The Hall–Kier alpha value is -1.14. The maximum absolute atomic E-state index is 10.9. The number of esters is 1. The van der Waals surface area contributed by atoms with Crippen molar-refractivity contribution in [1.82, 2.24) is 0 Å². The van der Waals surface area contributed by atoms with E-state index in [4.69, 9.17) is 11.6 Å². The first-order valence-electron chi connectivity index (χ1n) is 3.54. The van der Waals surface area contributed by atoms with Gasteiger partial charge in [0.25, 0.3) is 5.69 Å². The van der Waals surface area contributed by atoms with Crippen LogP contribution in [0.5, 0.6) is 0 Å². The Kier molecular flexibility index (Phi) is 3.43. The normalized spacial score (nSPS) is 9.86. The third kappa shape index (κ3) is 2.43. The van der Waals surface area contributed by atoms with Crippen molar-refractivity contribution in [2.45, 2.75) is 6.42 Å². The van der Waals surface area contributed by atoms with Crippen molar-refractivity contribution in [2.75, 3.05) is 7.11 Å². The number of ether oxygens (including phenoxy) is 1. The molecule has 0 saturated carbocycles. The summed E-state index contributed by atoms with van der Waals surface area (Å²) < 4.78 is 4.69. The molecule has 1 aromatic rings. The number of rotatable bonds is 3.